The van der Waals surface area contributed by atoms with Crippen LogP contribution in [0.1, 0.15) is 44.7 Å². The van der Waals surface area contributed by atoms with Gasteiger partial charge < -0.3 is 9.80 Å². The van der Waals surface area contributed by atoms with E-state index in [2.05, 4.69) is 59.8 Å². The van der Waals surface area contributed by atoms with E-state index in [4.69, 9.17) is 4.98 Å². The van der Waals surface area contributed by atoms with Gasteiger partial charge in [0.15, 0.2) is 5.13 Å². The van der Waals surface area contributed by atoms with E-state index < -0.39 is 0 Å². The molecule has 3 aromatic rings. The molecular formula is C24H28N4OS. The van der Waals surface area contributed by atoms with Gasteiger partial charge in [-0.05, 0) is 41.5 Å². The average Bonchev–Trinajstić information content (AvgIpc) is 3.45. The van der Waals surface area contributed by atoms with Crippen LogP contribution in [0.4, 0.5) is 5.13 Å². The van der Waals surface area contributed by atoms with Gasteiger partial charge in [-0.25, -0.2) is 9.97 Å². The fraction of sp³-hybridized carbons (Fsp3) is 0.458. The van der Waals surface area contributed by atoms with E-state index in [1.54, 1.807) is 11.3 Å². The van der Waals surface area contributed by atoms with Crippen LogP contribution in [0.5, 0.6) is 0 Å². The van der Waals surface area contributed by atoms with Crippen molar-refractivity contribution in [2.24, 2.45) is 0 Å². The lowest BCUT2D eigenvalue weighted by atomic mass is 9.84. The van der Waals surface area contributed by atoms with Crippen LogP contribution >= 0.6 is 11.3 Å². The zero-order valence-corrected chi connectivity index (χ0v) is 18.7. The second-order valence-corrected chi connectivity index (χ2v) is 10.5. The molecule has 30 heavy (non-hydrogen) atoms. The monoisotopic (exact) mass is 420 g/mol. The van der Waals surface area contributed by atoms with E-state index in [-0.39, 0.29) is 10.8 Å². The summed E-state index contributed by atoms with van der Waals surface area (Å²) in [5.41, 5.74) is 3.28. The first-order chi connectivity index (χ1) is 14.4. The molecule has 1 aliphatic carbocycles. The standard InChI is InChI=1S/C24H28N4OS/c1-23(2,3)17-6-8-18(9-7-17)24(10-11-24)21(29)27-13-15-28(16-14-27)22-26-19-5-4-12-25-20(19)30-22/h4-9,12H,10-11,13-16H2,1-3H3. The fourth-order valence-electron chi connectivity index (χ4n) is 4.34. The molecule has 6 heteroatoms. The highest BCUT2D eigenvalue weighted by Gasteiger charge is 2.53. The van der Waals surface area contributed by atoms with E-state index in [9.17, 15) is 4.79 Å². The molecule has 156 valence electrons. The largest absolute Gasteiger partial charge is 0.344 e. The lowest BCUT2D eigenvalue weighted by Crippen LogP contribution is -2.51. The third kappa shape index (κ3) is 3.37. The van der Waals surface area contributed by atoms with Crippen molar-refractivity contribution in [3.8, 4) is 0 Å². The predicted octanol–water partition coefficient (Wildman–Crippen LogP) is 4.37. The molecule has 5 nitrogen and oxygen atoms in total. The highest BCUT2D eigenvalue weighted by Crippen LogP contribution is 2.50. The van der Waals surface area contributed by atoms with Gasteiger partial charge in [0.1, 0.15) is 10.3 Å². The van der Waals surface area contributed by atoms with Gasteiger partial charge in [0.25, 0.3) is 0 Å². The molecule has 1 aromatic carbocycles. The first-order valence-electron chi connectivity index (χ1n) is 10.7. The Morgan fingerprint density at radius 2 is 1.73 bits per heavy atom. The number of carbonyl (C=O) groups excluding carboxylic acids is 1. The number of nitrogens with zero attached hydrogens (tertiary/aromatic N) is 4. The Kier molecular flexibility index (Phi) is 4.58. The number of hydrogen-bond acceptors (Lipinski definition) is 5. The molecule has 0 N–H and O–H groups in total. The Labute approximate surface area is 181 Å². The lowest BCUT2D eigenvalue weighted by molar-refractivity contribution is -0.134. The van der Waals surface area contributed by atoms with E-state index in [1.807, 2.05) is 18.3 Å². The van der Waals surface area contributed by atoms with Gasteiger partial charge in [-0.15, -0.1) is 0 Å². The maximum absolute atomic E-state index is 13.4. The maximum Gasteiger partial charge on any atom is 0.233 e. The van der Waals surface area contributed by atoms with Crippen molar-refractivity contribution < 1.29 is 4.79 Å². The van der Waals surface area contributed by atoms with Crippen LogP contribution in [0.15, 0.2) is 42.6 Å². The summed E-state index contributed by atoms with van der Waals surface area (Å²) >= 11 is 1.63. The Balaban J connectivity index is 1.27. The Morgan fingerprint density at radius 3 is 2.33 bits per heavy atom. The molecule has 5 rings (SSSR count). The van der Waals surface area contributed by atoms with Crippen molar-refractivity contribution in [1.82, 2.24) is 14.9 Å². The minimum atomic E-state index is -0.293. The third-order valence-corrected chi connectivity index (χ3v) is 7.50. The number of pyridine rings is 1. The Hall–Kier alpha value is -2.47. The molecule has 1 saturated heterocycles. The molecule has 2 fully saturated rings. The number of rotatable bonds is 3. The van der Waals surface area contributed by atoms with Crippen molar-refractivity contribution in [3.05, 3.63) is 53.7 Å². The molecule has 2 aromatic heterocycles. The topological polar surface area (TPSA) is 49.3 Å². The average molecular weight is 421 g/mol. The summed E-state index contributed by atoms with van der Waals surface area (Å²) in [4.78, 5) is 27.9. The Bertz CT molecular complexity index is 1040. The Morgan fingerprint density at radius 1 is 1.03 bits per heavy atom. The first kappa shape index (κ1) is 19.5. The van der Waals surface area contributed by atoms with Gasteiger partial charge in [-0.2, -0.15) is 0 Å². The van der Waals surface area contributed by atoms with Gasteiger partial charge in [0.2, 0.25) is 5.91 Å². The predicted molar refractivity (Wildman–Crippen MR) is 122 cm³/mol. The van der Waals surface area contributed by atoms with E-state index in [0.29, 0.717) is 5.91 Å². The van der Waals surface area contributed by atoms with Crippen molar-refractivity contribution in [1.29, 1.82) is 0 Å². The second-order valence-electron chi connectivity index (χ2n) is 9.51. The summed E-state index contributed by atoms with van der Waals surface area (Å²) in [6.07, 6.45) is 3.74. The zero-order chi connectivity index (χ0) is 20.9. The molecule has 0 unspecified atom stereocenters. The van der Waals surface area contributed by atoms with Gasteiger partial charge in [0, 0.05) is 32.4 Å². The third-order valence-electron chi connectivity index (χ3n) is 6.46. The van der Waals surface area contributed by atoms with Crippen LogP contribution in [0.2, 0.25) is 0 Å². The number of fused-ring (bicyclic) bond motifs is 1. The van der Waals surface area contributed by atoms with Crippen LogP contribution in [0.3, 0.4) is 0 Å². The molecule has 0 bridgehead atoms. The number of carbonyl (C=O) groups is 1. The summed E-state index contributed by atoms with van der Waals surface area (Å²) in [6.45, 7) is 9.83. The summed E-state index contributed by atoms with van der Waals surface area (Å²) in [5.74, 6) is 0.302. The highest BCUT2D eigenvalue weighted by atomic mass is 32.1. The van der Waals surface area contributed by atoms with Crippen molar-refractivity contribution in [3.63, 3.8) is 0 Å². The minimum Gasteiger partial charge on any atom is -0.344 e. The molecule has 1 aliphatic heterocycles. The van der Waals surface area contributed by atoms with Crippen LogP contribution in [-0.2, 0) is 15.6 Å². The number of piperazine rings is 1. The molecule has 2 aliphatic rings. The van der Waals surface area contributed by atoms with Crippen LogP contribution < -0.4 is 4.90 Å². The van der Waals surface area contributed by atoms with Crippen molar-refractivity contribution in [2.45, 2.75) is 44.4 Å². The van der Waals surface area contributed by atoms with Crippen LogP contribution in [-0.4, -0.2) is 47.0 Å². The smallest absolute Gasteiger partial charge is 0.233 e. The molecular weight excluding hydrogens is 392 g/mol. The molecule has 1 saturated carbocycles. The summed E-state index contributed by atoms with van der Waals surface area (Å²) < 4.78 is 0. The number of thiazole rings is 1. The number of amides is 1. The molecule has 0 spiro atoms. The highest BCUT2D eigenvalue weighted by molar-refractivity contribution is 7.21. The summed E-state index contributed by atoms with van der Waals surface area (Å²) in [6, 6.07) is 12.7. The van der Waals surface area contributed by atoms with Crippen LogP contribution in [0, 0.1) is 0 Å². The summed E-state index contributed by atoms with van der Waals surface area (Å²) in [7, 11) is 0. The maximum atomic E-state index is 13.4. The van der Waals surface area contributed by atoms with Gasteiger partial charge in [-0.1, -0.05) is 56.4 Å². The van der Waals surface area contributed by atoms with Gasteiger partial charge >= 0.3 is 0 Å². The molecule has 1 amide bonds. The number of aromatic nitrogens is 2. The number of benzene rings is 1. The first-order valence-corrected chi connectivity index (χ1v) is 11.6. The number of anilines is 1. The molecule has 0 radical (unpaired) electrons. The van der Waals surface area contributed by atoms with Gasteiger partial charge in [-0.3, -0.25) is 4.79 Å². The van der Waals surface area contributed by atoms with E-state index in [1.165, 1.54) is 11.1 Å². The van der Waals surface area contributed by atoms with Gasteiger partial charge in [0.05, 0.1) is 5.41 Å². The fourth-order valence-corrected chi connectivity index (χ4v) is 5.30. The van der Waals surface area contributed by atoms with Crippen molar-refractivity contribution >= 4 is 32.7 Å². The normalized spacial score (nSPS) is 18.6. The van der Waals surface area contributed by atoms with E-state index >= 15 is 0 Å². The van der Waals surface area contributed by atoms with Crippen molar-refractivity contribution in [2.75, 3.05) is 31.1 Å². The number of hydrogen-bond donors (Lipinski definition) is 0. The second kappa shape index (κ2) is 7.05. The summed E-state index contributed by atoms with van der Waals surface area (Å²) in [5, 5.41) is 1.01. The quantitative estimate of drug-likeness (QED) is 0.631. The zero-order valence-electron chi connectivity index (χ0n) is 17.9. The molecule has 0 atom stereocenters. The minimum absolute atomic E-state index is 0.131. The van der Waals surface area contributed by atoms with E-state index in [0.717, 1.165) is 54.5 Å². The van der Waals surface area contributed by atoms with Crippen LogP contribution in [0.25, 0.3) is 10.3 Å². The molecule has 3 heterocycles. The lowest BCUT2D eigenvalue weighted by Gasteiger charge is -2.36. The SMILES string of the molecule is CC(C)(C)c1ccc(C2(C(=O)N3CCN(c4nc5cccnc5s4)CC3)CC2)cc1.